The summed E-state index contributed by atoms with van der Waals surface area (Å²) in [5.74, 6) is 0.0467. The van der Waals surface area contributed by atoms with Crippen LogP contribution in [0.25, 0.3) is 6.08 Å². The van der Waals surface area contributed by atoms with Crippen LogP contribution in [0.1, 0.15) is 17.0 Å². The Morgan fingerprint density at radius 3 is 2.53 bits per heavy atom. The maximum absolute atomic E-state index is 13.2. The normalized spacial score (nSPS) is 17.8. The molecule has 4 rings (SSSR count). The number of rotatable bonds is 7. The lowest BCUT2D eigenvalue weighted by molar-refractivity contribution is -0.119. The number of hydrogen-bond donors (Lipinski definition) is 3. The molecule has 4 N–H and O–H groups in total. The number of para-hydroxylation sites is 2. The Balaban J connectivity index is 1.42. The van der Waals surface area contributed by atoms with Crippen molar-refractivity contribution in [2.45, 2.75) is 5.92 Å². The number of nitrogen functional groups attached to an aromatic ring is 1. The predicted octanol–water partition coefficient (Wildman–Crippen LogP) is 4.87. The third-order valence-electron chi connectivity index (χ3n) is 6.27. The number of halogens is 1. The number of likely N-dealkylation sites (tertiary alicyclic amines) is 1. The largest absolute Gasteiger partial charge is 0.495 e. The average molecular weight is 505 g/mol. The second-order valence-electron chi connectivity index (χ2n) is 8.85. The quantitative estimate of drug-likeness (QED) is 0.315. The molecular formula is C28H29ClN4O3. The molecule has 0 bridgehead atoms. The molecule has 3 aromatic rings. The molecule has 2 unspecified atom stereocenters. The lowest BCUT2D eigenvalue weighted by Crippen LogP contribution is -2.28. The van der Waals surface area contributed by atoms with Crippen LogP contribution in [0, 0.1) is 5.92 Å². The molecule has 0 saturated carbocycles. The molecule has 0 radical (unpaired) electrons. The Hall–Kier alpha value is -3.81. The smallest absolute Gasteiger partial charge is 0.248 e. The standard InChI is InChI=1S/C28H29ClN4O3/c1-33-16-21(22(17-33)28(35)31-20-12-13-23(29)26(15-20)36-2)19-10-7-18(8-11-19)9-14-27(34)32-25-6-4-3-5-24(25)30/h3-15,21-22H,16-17,30H2,1-2H3,(H,31,35)(H,32,34). The van der Waals surface area contributed by atoms with Gasteiger partial charge in [0.15, 0.2) is 0 Å². The topological polar surface area (TPSA) is 96.7 Å². The van der Waals surface area contributed by atoms with Crippen LogP contribution < -0.4 is 21.1 Å². The number of nitrogens with zero attached hydrogens (tertiary/aromatic N) is 1. The van der Waals surface area contributed by atoms with Crippen LogP contribution >= 0.6 is 11.6 Å². The maximum Gasteiger partial charge on any atom is 0.248 e. The van der Waals surface area contributed by atoms with E-state index in [4.69, 9.17) is 22.1 Å². The highest BCUT2D eigenvalue weighted by atomic mass is 35.5. The molecule has 0 spiro atoms. The van der Waals surface area contributed by atoms with E-state index in [1.165, 1.54) is 6.08 Å². The summed E-state index contributed by atoms with van der Waals surface area (Å²) in [5.41, 5.74) is 9.57. The summed E-state index contributed by atoms with van der Waals surface area (Å²) < 4.78 is 5.25. The summed E-state index contributed by atoms with van der Waals surface area (Å²) in [6.07, 6.45) is 3.22. The zero-order chi connectivity index (χ0) is 25.7. The van der Waals surface area contributed by atoms with E-state index >= 15 is 0 Å². The van der Waals surface area contributed by atoms with Crippen molar-refractivity contribution in [2.24, 2.45) is 5.92 Å². The summed E-state index contributed by atoms with van der Waals surface area (Å²) in [5, 5.41) is 6.27. The Morgan fingerprint density at radius 1 is 1.06 bits per heavy atom. The summed E-state index contributed by atoms with van der Waals surface area (Å²) >= 11 is 6.10. The van der Waals surface area contributed by atoms with Gasteiger partial charge in [0.2, 0.25) is 11.8 Å². The SMILES string of the molecule is COc1cc(NC(=O)C2CN(C)CC2c2ccc(C=CC(=O)Nc3ccccc3N)cc2)ccc1Cl. The molecule has 36 heavy (non-hydrogen) atoms. The van der Waals surface area contributed by atoms with E-state index in [2.05, 4.69) is 15.5 Å². The molecule has 1 saturated heterocycles. The van der Waals surface area contributed by atoms with Crippen molar-refractivity contribution in [1.29, 1.82) is 0 Å². The van der Waals surface area contributed by atoms with Gasteiger partial charge in [-0.05, 0) is 48.5 Å². The molecule has 0 aliphatic carbocycles. The van der Waals surface area contributed by atoms with Gasteiger partial charge in [-0.2, -0.15) is 0 Å². The molecule has 2 amide bonds. The Morgan fingerprint density at radius 2 is 1.81 bits per heavy atom. The number of carbonyl (C=O) groups excluding carboxylic acids is 2. The fourth-order valence-corrected chi connectivity index (χ4v) is 4.58. The first-order valence-corrected chi connectivity index (χ1v) is 12.0. The molecule has 7 nitrogen and oxygen atoms in total. The number of amides is 2. The van der Waals surface area contributed by atoms with Crippen LogP contribution in [0.5, 0.6) is 5.75 Å². The van der Waals surface area contributed by atoms with E-state index in [1.54, 1.807) is 43.5 Å². The summed E-state index contributed by atoms with van der Waals surface area (Å²) in [7, 11) is 3.56. The molecule has 3 aromatic carbocycles. The maximum atomic E-state index is 13.2. The molecule has 0 aromatic heterocycles. The zero-order valence-corrected chi connectivity index (χ0v) is 21.0. The van der Waals surface area contributed by atoms with Crippen molar-refractivity contribution < 1.29 is 14.3 Å². The van der Waals surface area contributed by atoms with Gasteiger partial charge in [0.25, 0.3) is 0 Å². The van der Waals surface area contributed by atoms with E-state index in [0.29, 0.717) is 34.4 Å². The first kappa shape index (κ1) is 25.3. The molecule has 8 heteroatoms. The van der Waals surface area contributed by atoms with E-state index in [0.717, 1.165) is 17.7 Å². The van der Waals surface area contributed by atoms with Gasteiger partial charge in [0.1, 0.15) is 5.75 Å². The van der Waals surface area contributed by atoms with Crippen molar-refractivity contribution in [3.63, 3.8) is 0 Å². The number of hydrogen-bond acceptors (Lipinski definition) is 5. The van der Waals surface area contributed by atoms with Gasteiger partial charge in [0, 0.05) is 36.8 Å². The fourth-order valence-electron chi connectivity index (χ4n) is 4.39. The van der Waals surface area contributed by atoms with Crippen molar-refractivity contribution in [1.82, 2.24) is 4.90 Å². The van der Waals surface area contributed by atoms with Gasteiger partial charge in [-0.3, -0.25) is 9.59 Å². The number of methoxy groups -OCH3 is 1. The van der Waals surface area contributed by atoms with Gasteiger partial charge in [-0.25, -0.2) is 0 Å². The van der Waals surface area contributed by atoms with Crippen LogP contribution in [0.4, 0.5) is 17.1 Å². The lowest BCUT2D eigenvalue weighted by Gasteiger charge is -2.19. The molecule has 1 aliphatic rings. The lowest BCUT2D eigenvalue weighted by atomic mass is 9.88. The summed E-state index contributed by atoms with van der Waals surface area (Å²) in [4.78, 5) is 27.6. The number of ether oxygens (including phenoxy) is 1. The molecule has 2 atom stereocenters. The second kappa shape index (κ2) is 11.3. The van der Waals surface area contributed by atoms with Crippen LogP contribution in [-0.2, 0) is 9.59 Å². The highest BCUT2D eigenvalue weighted by Gasteiger charge is 2.37. The molecular weight excluding hydrogens is 476 g/mol. The number of nitrogens with one attached hydrogen (secondary N) is 2. The Bertz CT molecular complexity index is 1280. The van der Waals surface area contributed by atoms with Crippen LogP contribution in [0.15, 0.2) is 72.8 Å². The minimum absolute atomic E-state index is 0.0467. The number of carbonyl (C=O) groups is 2. The van der Waals surface area contributed by atoms with Crippen LogP contribution in [0.3, 0.4) is 0 Å². The molecule has 1 fully saturated rings. The van der Waals surface area contributed by atoms with E-state index in [-0.39, 0.29) is 23.7 Å². The summed E-state index contributed by atoms with van der Waals surface area (Å²) in [6, 6.07) is 20.2. The zero-order valence-electron chi connectivity index (χ0n) is 20.2. The fraction of sp³-hybridized carbons (Fsp3) is 0.214. The van der Waals surface area contributed by atoms with Crippen molar-refractivity contribution in [3.8, 4) is 5.75 Å². The van der Waals surface area contributed by atoms with Gasteiger partial charge < -0.3 is 26.0 Å². The van der Waals surface area contributed by atoms with E-state index in [1.807, 2.05) is 43.4 Å². The third-order valence-corrected chi connectivity index (χ3v) is 6.58. The predicted molar refractivity (Wildman–Crippen MR) is 145 cm³/mol. The highest BCUT2D eigenvalue weighted by molar-refractivity contribution is 6.32. The minimum atomic E-state index is -0.259. The summed E-state index contributed by atoms with van der Waals surface area (Å²) in [6.45, 7) is 1.43. The highest BCUT2D eigenvalue weighted by Crippen LogP contribution is 2.34. The van der Waals surface area contributed by atoms with Crippen molar-refractivity contribution in [2.75, 3.05) is 43.6 Å². The number of benzene rings is 3. The number of anilines is 3. The monoisotopic (exact) mass is 504 g/mol. The van der Waals surface area contributed by atoms with Crippen molar-refractivity contribution in [3.05, 3.63) is 89.0 Å². The number of nitrogens with two attached hydrogens (primary N) is 1. The van der Waals surface area contributed by atoms with E-state index < -0.39 is 0 Å². The third kappa shape index (κ3) is 6.05. The first-order valence-electron chi connectivity index (χ1n) is 11.6. The Kier molecular flexibility index (Phi) is 7.93. The first-order chi connectivity index (χ1) is 17.3. The number of likely N-dealkylation sites (N-methyl/N-ethyl adjacent to an activating group) is 1. The minimum Gasteiger partial charge on any atom is -0.495 e. The van der Waals surface area contributed by atoms with Crippen LogP contribution in [-0.4, -0.2) is 44.0 Å². The van der Waals surface area contributed by atoms with Gasteiger partial charge in [0.05, 0.1) is 29.4 Å². The molecule has 1 aliphatic heterocycles. The molecule has 186 valence electrons. The van der Waals surface area contributed by atoms with Crippen molar-refractivity contribution >= 4 is 46.6 Å². The Labute approximate surface area is 215 Å². The van der Waals surface area contributed by atoms with Crippen LogP contribution in [0.2, 0.25) is 5.02 Å². The van der Waals surface area contributed by atoms with Gasteiger partial charge in [-0.1, -0.05) is 48.0 Å². The second-order valence-corrected chi connectivity index (χ2v) is 9.26. The van der Waals surface area contributed by atoms with Gasteiger partial charge in [-0.15, -0.1) is 0 Å². The molecule has 1 heterocycles. The van der Waals surface area contributed by atoms with E-state index in [9.17, 15) is 9.59 Å². The average Bonchev–Trinajstić information content (AvgIpc) is 3.27. The van der Waals surface area contributed by atoms with Gasteiger partial charge >= 0.3 is 0 Å².